The maximum absolute atomic E-state index is 13.4. The van der Waals surface area contributed by atoms with Gasteiger partial charge in [-0.1, -0.05) is 30.3 Å². The highest BCUT2D eigenvalue weighted by atomic mass is 19.4. The van der Waals surface area contributed by atoms with E-state index in [2.05, 4.69) is 26.2 Å². The number of alkyl halides is 3. The predicted octanol–water partition coefficient (Wildman–Crippen LogP) is 4.73. The minimum Gasteiger partial charge on any atom is -0.492 e. The predicted molar refractivity (Wildman–Crippen MR) is 145 cm³/mol. The quantitative estimate of drug-likeness (QED) is 0.144. The number of nitrogens with zero attached hydrogens (tertiary/aromatic N) is 3. The molecule has 1 aliphatic heterocycles. The molecule has 0 spiro atoms. The monoisotopic (exact) mass is 594 g/mol. The van der Waals surface area contributed by atoms with E-state index in [1.165, 1.54) is 0 Å². The van der Waals surface area contributed by atoms with E-state index >= 15 is 0 Å². The Morgan fingerprint density at radius 1 is 1.05 bits per heavy atom. The fourth-order valence-corrected chi connectivity index (χ4v) is 3.94. The van der Waals surface area contributed by atoms with Crippen LogP contribution in [0.5, 0.6) is 5.75 Å². The van der Waals surface area contributed by atoms with E-state index in [0.29, 0.717) is 32.4 Å². The Kier molecular flexibility index (Phi) is 11.2. The van der Waals surface area contributed by atoms with Crippen molar-refractivity contribution >= 4 is 17.7 Å². The number of nitro groups is 1. The van der Waals surface area contributed by atoms with Crippen LogP contribution >= 0.6 is 0 Å². The molecule has 1 heterocycles. The summed E-state index contributed by atoms with van der Waals surface area (Å²) in [5.41, 5.74) is -3.03. The van der Waals surface area contributed by atoms with Crippen LogP contribution in [0.1, 0.15) is 44.2 Å². The molecule has 2 aromatic rings. The highest BCUT2D eigenvalue weighted by Gasteiger charge is 2.65. The number of ether oxygens (including phenoxy) is 2. The zero-order valence-electron chi connectivity index (χ0n) is 23.1. The van der Waals surface area contributed by atoms with Crippen LogP contribution in [0, 0.1) is 10.1 Å². The van der Waals surface area contributed by atoms with Gasteiger partial charge < -0.3 is 25.4 Å². The molecule has 0 bridgehead atoms. The van der Waals surface area contributed by atoms with Crippen LogP contribution in [0.25, 0.3) is 0 Å². The summed E-state index contributed by atoms with van der Waals surface area (Å²) < 4.78 is 50.7. The number of hydrogen-bond donors (Lipinski definition) is 3. The number of benzene rings is 2. The largest absolute Gasteiger partial charge is 0.492 e. The molecule has 2 amide bonds. The van der Waals surface area contributed by atoms with Gasteiger partial charge in [0.15, 0.2) is 0 Å². The fraction of sp³-hybridized carbons (Fsp3) is 0.481. The molecule has 3 rings (SSSR count). The molecule has 0 saturated heterocycles. The van der Waals surface area contributed by atoms with Gasteiger partial charge in [0.25, 0.3) is 5.69 Å². The lowest BCUT2D eigenvalue weighted by Gasteiger charge is -2.20. The zero-order chi connectivity index (χ0) is 30.8. The molecule has 0 saturated carbocycles. The zero-order valence-corrected chi connectivity index (χ0v) is 23.1. The average molecular weight is 595 g/mol. The molecule has 0 fully saturated rings. The number of amides is 2. The second kappa shape index (κ2) is 14.6. The van der Waals surface area contributed by atoms with Gasteiger partial charge in [0, 0.05) is 24.2 Å². The van der Waals surface area contributed by atoms with Gasteiger partial charge in [0.2, 0.25) is 5.91 Å². The van der Waals surface area contributed by atoms with Crippen LogP contribution in [-0.2, 0) is 21.8 Å². The maximum atomic E-state index is 13.4. The SMILES string of the molecule is CC(C)NC(=O)[C@H](CCCCNCCOc1cc([N+](=O)[O-])cc(C2(C(F)(F)F)N=N2)c1)NC(=O)OCc1ccccc1. The number of hydrogen-bond acceptors (Lipinski definition) is 9. The van der Waals surface area contributed by atoms with Gasteiger partial charge in [-0.15, -0.1) is 10.2 Å². The third-order valence-corrected chi connectivity index (χ3v) is 6.10. The normalized spacial score (nSPS) is 14.2. The lowest BCUT2D eigenvalue weighted by molar-refractivity contribution is -0.385. The van der Waals surface area contributed by atoms with E-state index in [0.717, 1.165) is 23.8 Å². The molecule has 42 heavy (non-hydrogen) atoms. The molecular weight excluding hydrogens is 561 g/mol. The van der Waals surface area contributed by atoms with Crippen LogP contribution in [0.3, 0.4) is 0 Å². The number of non-ortho nitro benzene ring substituents is 1. The Balaban J connectivity index is 1.41. The van der Waals surface area contributed by atoms with Crippen molar-refractivity contribution in [3.63, 3.8) is 0 Å². The maximum Gasteiger partial charge on any atom is 0.442 e. The lowest BCUT2D eigenvalue weighted by atomic mass is 10.0. The number of alkyl carbamates (subject to hydrolysis) is 1. The number of nitro benzene ring substituents is 1. The van der Waals surface area contributed by atoms with E-state index in [1.807, 2.05) is 44.2 Å². The molecule has 15 heteroatoms. The van der Waals surface area contributed by atoms with E-state index < -0.39 is 40.1 Å². The van der Waals surface area contributed by atoms with Crippen LogP contribution < -0.4 is 20.7 Å². The molecule has 2 aromatic carbocycles. The number of halogens is 3. The highest BCUT2D eigenvalue weighted by Crippen LogP contribution is 2.53. The molecular formula is C27H33F3N6O6. The second-order valence-electron chi connectivity index (χ2n) is 9.86. The molecule has 0 radical (unpaired) electrons. The van der Waals surface area contributed by atoms with E-state index in [-0.39, 0.29) is 30.9 Å². The van der Waals surface area contributed by atoms with Gasteiger partial charge in [-0.2, -0.15) is 13.2 Å². The topological polar surface area (TPSA) is 157 Å². The van der Waals surface area contributed by atoms with Crippen molar-refractivity contribution in [1.29, 1.82) is 0 Å². The van der Waals surface area contributed by atoms with Crippen molar-refractivity contribution in [1.82, 2.24) is 16.0 Å². The summed E-state index contributed by atoms with van der Waals surface area (Å²) in [6.07, 6.45) is -3.93. The summed E-state index contributed by atoms with van der Waals surface area (Å²) in [5.74, 6) is -0.426. The van der Waals surface area contributed by atoms with Gasteiger partial charge in [-0.25, -0.2) is 4.79 Å². The first-order valence-electron chi connectivity index (χ1n) is 13.3. The first-order valence-corrected chi connectivity index (χ1v) is 13.3. The summed E-state index contributed by atoms with van der Waals surface area (Å²) in [5, 5.41) is 25.9. The molecule has 1 aliphatic rings. The number of rotatable bonds is 16. The average Bonchev–Trinajstić information content (AvgIpc) is 3.75. The second-order valence-corrected chi connectivity index (χ2v) is 9.86. The van der Waals surface area contributed by atoms with Crippen LogP contribution in [0.4, 0.5) is 23.7 Å². The minimum atomic E-state index is -4.83. The van der Waals surface area contributed by atoms with Crippen molar-refractivity contribution < 1.29 is 37.2 Å². The van der Waals surface area contributed by atoms with Gasteiger partial charge >= 0.3 is 17.9 Å². The molecule has 3 N–H and O–H groups in total. The Bertz CT molecular complexity index is 1250. The van der Waals surface area contributed by atoms with Crippen molar-refractivity contribution in [3.8, 4) is 5.75 Å². The van der Waals surface area contributed by atoms with Gasteiger partial charge in [0.1, 0.15) is 25.0 Å². The molecule has 228 valence electrons. The van der Waals surface area contributed by atoms with Gasteiger partial charge in [-0.05, 0) is 51.3 Å². The molecule has 0 unspecified atom stereocenters. The molecule has 12 nitrogen and oxygen atoms in total. The summed E-state index contributed by atoms with van der Waals surface area (Å²) >= 11 is 0. The Labute approximate surface area is 240 Å². The molecule has 0 aliphatic carbocycles. The van der Waals surface area contributed by atoms with Crippen molar-refractivity contribution in [3.05, 3.63) is 69.8 Å². The van der Waals surface area contributed by atoms with E-state index in [1.54, 1.807) is 0 Å². The summed E-state index contributed by atoms with van der Waals surface area (Å²) in [6.45, 7) is 4.56. The first kappa shape index (κ1) is 32.2. The number of nitrogens with one attached hydrogen (secondary N) is 3. The van der Waals surface area contributed by atoms with Crippen LogP contribution in [-0.4, -0.2) is 54.9 Å². The van der Waals surface area contributed by atoms with Crippen LogP contribution in [0.2, 0.25) is 0 Å². The third kappa shape index (κ3) is 9.39. The fourth-order valence-electron chi connectivity index (χ4n) is 3.94. The van der Waals surface area contributed by atoms with Crippen molar-refractivity contribution in [2.75, 3.05) is 19.7 Å². The highest BCUT2D eigenvalue weighted by molar-refractivity contribution is 5.85. The Morgan fingerprint density at radius 2 is 1.76 bits per heavy atom. The van der Waals surface area contributed by atoms with Gasteiger partial charge in [-0.3, -0.25) is 14.9 Å². The minimum absolute atomic E-state index is 0.0299. The lowest BCUT2D eigenvalue weighted by Crippen LogP contribution is -2.48. The van der Waals surface area contributed by atoms with Crippen LogP contribution in [0.15, 0.2) is 58.8 Å². The molecule has 1 atom stereocenters. The third-order valence-electron chi connectivity index (χ3n) is 6.10. The Hall–Kier alpha value is -4.27. The number of carbonyl (C=O) groups is 2. The Morgan fingerprint density at radius 3 is 2.38 bits per heavy atom. The van der Waals surface area contributed by atoms with Gasteiger partial charge in [0.05, 0.1) is 11.0 Å². The summed E-state index contributed by atoms with van der Waals surface area (Å²) in [4.78, 5) is 35.3. The smallest absolute Gasteiger partial charge is 0.442 e. The first-order chi connectivity index (χ1) is 19.9. The number of unbranched alkanes of at least 4 members (excludes halogenated alkanes) is 1. The van der Waals surface area contributed by atoms with Crippen molar-refractivity contribution in [2.24, 2.45) is 10.2 Å². The standard InChI is InChI=1S/C27H33F3N6O6/c1-18(2)32-24(37)23(33-25(38)42-17-19-8-4-3-5-9-19)10-6-7-11-31-12-13-41-22-15-20(14-21(16-22)36(39)40)26(34-35-26)27(28,29)30/h3-5,8-9,14-16,18,23,31H,6-7,10-13,17H2,1-2H3,(H,32,37)(H,33,38)/t23-/m0/s1. The summed E-state index contributed by atoms with van der Waals surface area (Å²) in [7, 11) is 0. The molecule has 0 aromatic heterocycles. The van der Waals surface area contributed by atoms with Crippen molar-refractivity contribution in [2.45, 2.75) is 63.6 Å². The number of carbonyl (C=O) groups excluding carboxylic acids is 2. The summed E-state index contributed by atoms with van der Waals surface area (Å²) in [6, 6.07) is 11.1. The van der Waals surface area contributed by atoms with E-state index in [4.69, 9.17) is 9.47 Å². The van der Waals surface area contributed by atoms with E-state index in [9.17, 15) is 32.9 Å².